The van der Waals surface area contributed by atoms with Crippen molar-refractivity contribution in [3.63, 3.8) is 0 Å². The Morgan fingerprint density at radius 1 is 1.08 bits per heavy atom. The normalized spacial score (nSPS) is 15.0. The van der Waals surface area contributed by atoms with Gasteiger partial charge < -0.3 is 10.6 Å². The van der Waals surface area contributed by atoms with Gasteiger partial charge in [-0.05, 0) is 37.5 Å². The number of rotatable bonds is 5. The van der Waals surface area contributed by atoms with Crippen molar-refractivity contribution in [2.24, 2.45) is 5.92 Å². The van der Waals surface area contributed by atoms with Crippen LogP contribution in [0.25, 0.3) is 0 Å². The fourth-order valence-corrected chi connectivity index (χ4v) is 3.10. The first-order valence-electron chi connectivity index (χ1n) is 8.65. The summed E-state index contributed by atoms with van der Waals surface area (Å²) in [5, 5.41) is 14.4. The topological polar surface area (TPSA) is 66.9 Å². The van der Waals surface area contributed by atoms with Crippen molar-refractivity contribution < 1.29 is 4.79 Å². The molecule has 1 amide bonds. The Labute approximate surface area is 142 Å². The van der Waals surface area contributed by atoms with Crippen molar-refractivity contribution in [3.8, 4) is 0 Å². The molecule has 0 aliphatic heterocycles. The molecule has 1 fully saturated rings. The van der Waals surface area contributed by atoms with Crippen molar-refractivity contribution in [1.29, 1.82) is 0 Å². The summed E-state index contributed by atoms with van der Waals surface area (Å²) in [6.07, 6.45) is 5.49. The van der Waals surface area contributed by atoms with E-state index < -0.39 is 0 Å². The molecule has 0 unspecified atom stereocenters. The summed E-state index contributed by atoms with van der Waals surface area (Å²) >= 11 is 0. The Morgan fingerprint density at radius 2 is 1.83 bits per heavy atom. The second-order valence-corrected chi connectivity index (χ2v) is 6.47. The molecular weight excluding hydrogens is 300 g/mol. The van der Waals surface area contributed by atoms with Crippen molar-refractivity contribution in [1.82, 2.24) is 10.2 Å². The molecule has 1 saturated carbocycles. The Balaban J connectivity index is 1.52. The largest absolute Gasteiger partial charge is 0.365 e. The summed E-state index contributed by atoms with van der Waals surface area (Å²) in [6.45, 7) is 2.78. The second kappa shape index (κ2) is 7.90. The summed E-state index contributed by atoms with van der Waals surface area (Å²) < 4.78 is 0. The van der Waals surface area contributed by atoms with E-state index in [9.17, 15) is 4.79 Å². The van der Waals surface area contributed by atoms with Crippen LogP contribution in [0.15, 0.2) is 36.4 Å². The number of nitrogens with zero attached hydrogens (tertiary/aromatic N) is 2. The second-order valence-electron chi connectivity index (χ2n) is 6.47. The summed E-state index contributed by atoms with van der Waals surface area (Å²) in [5.74, 6) is 1.42. The number of hydrogen-bond donors (Lipinski definition) is 2. The van der Waals surface area contributed by atoms with Gasteiger partial charge in [-0.15, -0.1) is 10.2 Å². The summed E-state index contributed by atoms with van der Waals surface area (Å²) in [4.78, 5) is 12.2. The highest BCUT2D eigenvalue weighted by molar-refractivity contribution is 5.91. The molecule has 1 aliphatic carbocycles. The monoisotopic (exact) mass is 324 g/mol. The minimum Gasteiger partial charge on any atom is -0.365 e. The van der Waals surface area contributed by atoms with Gasteiger partial charge in [0.1, 0.15) is 5.82 Å². The number of carbonyl (C=O) groups excluding carboxylic acids is 1. The minimum atomic E-state index is 0.0736. The minimum absolute atomic E-state index is 0.0736. The van der Waals surface area contributed by atoms with E-state index in [0.29, 0.717) is 18.2 Å². The molecule has 1 heterocycles. The Kier molecular flexibility index (Phi) is 5.41. The summed E-state index contributed by atoms with van der Waals surface area (Å²) in [6, 6.07) is 12.0. The van der Waals surface area contributed by atoms with E-state index >= 15 is 0 Å². The first-order chi connectivity index (χ1) is 11.7. The number of anilines is 2. The van der Waals surface area contributed by atoms with E-state index in [1.165, 1.54) is 17.5 Å². The molecular formula is C19H24N4O. The van der Waals surface area contributed by atoms with Crippen LogP contribution < -0.4 is 10.6 Å². The van der Waals surface area contributed by atoms with Gasteiger partial charge >= 0.3 is 0 Å². The van der Waals surface area contributed by atoms with Gasteiger partial charge in [-0.1, -0.05) is 49.1 Å². The smallest absolute Gasteiger partial charge is 0.228 e. The zero-order valence-corrected chi connectivity index (χ0v) is 14.1. The molecule has 0 bridgehead atoms. The van der Waals surface area contributed by atoms with Crippen LogP contribution in [0.4, 0.5) is 11.6 Å². The summed E-state index contributed by atoms with van der Waals surface area (Å²) in [5.41, 5.74) is 2.44. The van der Waals surface area contributed by atoms with Crippen LogP contribution in [0.5, 0.6) is 0 Å². The third-order valence-electron chi connectivity index (χ3n) is 4.45. The molecule has 126 valence electrons. The van der Waals surface area contributed by atoms with Crippen LogP contribution in [-0.4, -0.2) is 16.1 Å². The third-order valence-corrected chi connectivity index (χ3v) is 4.45. The van der Waals surface area contributed by atoms with Crippen LogP contribution in [-0.2, 0) is 11.3 Å². The van der Waals surface area contributed by atoms with Crippen molar-refractivity contribution in [3.05, 3.63) is 47.5 Å². The maximum Gasteiger partial charge on any atom is 0.228 e. The van der Waals surface area contributed by atoms with Crippen LogP contribution in [0.1, 0.15) is 43.2 Å². The Bertz CT molecular complexity index is 678. The lowest BCUT2D eigenvalue weighted by Gasteiger charge is -2.20. The number of aryl methyl sites for hydroxylation is 1. The number of hydrogen-bond acceptors (Lipinski definition) is 4. The molecule has 2 aromatic rings. The molecule has 0 saturated heterocycles. The average molecular weight is 324 g/mol. The summed E-state index contributed by atoms with van der Waals surface area (Å²) in [7, 11) is 0. The maximum absolute atomic E-state index is 12.2. The number of benzene rings is 1. The highest BCUT2D eigenvalue weighted by Crippen LogP contribution is 2.24. The van der Waals surface area contributed by atoms with Crippen molar-refractivity contribution in [2.45, 2.75) is 45.6 Å². The fourth-order valence-electron chi connectivity index (χ4n) is 3.10. The molecule has 1 aliphatic rings. The molecule has 0 spiro atoms. The van der Waals surface area contributed by atoms with E-state index in [0.717, 1.165) is 25.7 Å². The lowest BCUT2D eigenvalue weighted by atomic mass is 9.89. The molecule has 1 aromatic carbocycles. The maximum atomic E-state index is 12.2. The lowest BCUT2D eigenvalue weighted by molar-refractivity contribution is -0.120. The van der Waals surface area contributed by atoms with Crippen LogP contribution in [0.3, 0.4) is 0 Å². The number of carbonyl (C=O) groups is 1. The van der Waals surface area contributed by atoms with Gasteiger partial charge in [-0.2, -0.15) is 0 Å². The van der Waals surface area contributed by atoms with E-state index in [2.05, 4.69) is 46.0 Å². The van der Waals surface area contributed by atoms with Crippen molar-refractivity contribution in [2.75, 3.05) is 10.6 Å². The number of nitrogens with one attached hydrogen (secondary N) is 2. The average Bonchev–Trinajstić information content (AvgIpc) is 2.62. The van der Waals surface area contributed by atoms with Gasteiger partial charge in [-0.25, -0.2) is 0 Å². The van der Waals surface area contributed by atoms with Gasteiger partial charge in [-0.3, -0.25) is 4.79 Å². The molecule has 24 heavy (non-hydrogen) atoms. The van der Waals surface area contributed by atoms with Crippen molar-refractivity contribution >= 4 is 17.5 Å². The van der Waals surface area contributed by atoms with Gasteiger partial charge in [0.25, 0.3) is 0 Å². The molecule has 0 atom stereocenters. The highest BCUT2D eigenvalue weighted by atomic mass is 16.1. The standard InChI is InChI=1S/C19H24N4O/c1-14-6-5-7-15(12-14)13-20-17-10-11-18(23-22-17)21-19(24)16-8-3-2-4-9-16/h5-7,10-12,16H,2-4,8-9,13H2,1H3,(H,20,22)(H,21,23,24). The van der Waals surface area contributed by atoms with Crippen LogP contribution in [0.2, 0.25) is 0 Å². The van der Waals surface area contributed by atoms with E-state index in [1.807, 2.05) is 12.1 Å². The zero-order valence-electron chi connectivity index (χ0n) is 14.1. The van der Waals surface area contributed by atoms with Gasteiger partial charge in [0, 0.05) is 12.5 Å². The Morgan fingerprint density at radius 3 is 2.54 bits per heavy atom. The predicted molar refractivity (Wildman–Crippen MR) is 95.7 cm³/mol. The molecule has 5 heteroatoms. The molecule has 5 nitrogen and oxygen atoms in total. The number of aromatic nitrogens is 2. The third kappa shape index (κ3) is 4.54. The fraction of sp³-hybridized carbons (Fsp3) is 0.421. The quantitative estimate of drug-likeness (QED) is 0.875. The SMILES string of the molecule is Cc1cccc(CNc2ccc(NC(=O)C3CCCCC3)nn2)c1. The predicted octanol–water partition coefficient (Wildman–Crippen LogP) is 3.92. The Hall–Kier alpha value is -2.43. The highest BCUT2D eigenvalue weighted by Gasteiger charge is 2.21. The lowest BCUT2D eigenvalue weighted by Crippen LogP contribution is -2.25. The van der Waals surface area contributed by atoms with Crippen LogP contribution in [0, 0.1) is 12.8 Å². The van der Waals surface area contributed by atoms with Gasteiger partial charge in [0.15, 0.2) is 5.82 Å². The van der Waals surface area contributed by atoms with E-state index in [4.69, 9.17) is 0 Å². The first kappa shape index (κ1) is 16.4. The zero-order chi connectivity index (χ0) is 16.8. The van der Waals surface area contributed by atoms with E-state index in [1.54, 1.807) is 6.07 Å². The molecule has 0 radical (unpaired) electrons. The van der Waals surface area contributed by atoms with Crippen LogP contribution >= 0.6 is 0 Å². The number of amides is 1. The molecule has 2 N–H and O–H groups in total. The van der Waals surface area contributed by atoms with Gasteiger partial charge in [0.05, 0.1) is 0 Å². The first-order valence-corrected chi connectivity index (χ1v) is 8.65. The molecule has 1 aromatic heterocycles. The van der Waals surface area contributed by atoms with E-state index in [-0.39, 0.29) is 11.8 Å². The molecule has 3 rings (SSSR count). The van der Waals surface area contributed by atoms with Gasteiger partial charge in [0.2, 0.25) is 5.91 Å².